The molecule has 5 rings (SSSR count). The van der Waals surface area contributed by atoms with E-state index in [0.29, 0.717) is 46.8 Å². The van der Waals surface area contributed by atoms with Gasteiger partial charge >= 0.3 is 0 Å². The summed E-state index contributed by atoms with van der Waals surface area (Å²) in [6.07, 6.45) is 2.05. The van der Waals surface area contributed by atoms with E-state index >= 15 is 0 Å². The Labute approximate surface area is 235 Å². The van der Waals surface area contributed by atoms with Crippen molar-refractivity contribution in [1.82, 2.24) is 5.43 Å². The molecule has 0 radical (unpaired) electrons. The van der Waals surface area contributed by atoms with Gasteiger partial charge in [-0.15, -0.1) is 0 Å². The van der Waals surface area contributed by atoms with Gasteiger partial charge in [0.15, 0.2) is 5.76 Å². The molecule has 0 spiro atoms. The largest absolute Gasteiger partial charge is 0.455 e. The fourth-order valence-corrected chi connectivity index (χ4v) is 4.50. The summed E-state index contributed by atoms with van der Waals surface area (Å²) in [7, 11) is 0. The van der Waals surface area contributed by atoms with Crippen LogP contribution in [0.5, 0.6) is 0 Å². The van der Waals surface area contributed by atoms with Gasteiger partial charge in [-0.3, -0.25) is 19.7 Å². The molecule has 11 heteroatoms. The molecule has 0 saturated carbocycles. The number of rotatable bonds is 8. The number of nitro benzene ring substituents is 1. The van der Waals surface area contributed by atoms with Crippen LogP contribution in [-0.2, 0) is 17.6 Å². The number of azo groups is 1. The Morgan fingerprint density at radius 3 is 2.29 bits per heavy atom. The van der Waals surface area contributed by atoms with Gasteiger partial charge in [-0.2, -0.15) is 15.3 Å². The lowest BCUT2D eigenvalue weighted by molar-refractivity contribution is -0.384. The van der Waals surface area contributed by atoms with E-state index in [1.54, 1.807) is 31.2 Å². The number of hydrogen-bond acceptors (Lipinski definition) is 8. The molecule has 1 aliphatic rings. The number of carbonyl (C=O) groups excluding carboxylic acids is 2. The van der Waals surface area contributed by atoms with Crippen molar-refractivity contribution < 1.29 is 18.9 Å². The van der Waals surface area contributed by atoms with Crippen molar-refractivity contribution >= 4 is 40.3 Å². The number of nitro groups is 1. The number of furan rings is 1. The Kier molecular flexibility index (Phi) is 8.05. The average molecular weight is 551 g/mol. The minimum atomic E-state index is -0.491. The van der Waals surface area contributed by atoms with Crippen molar-refractivity contribution in [1.29, 1.82) is 0 Å². The zero-order chi connectivity index (χ0) is 28.8. The minimum absolute atomic E-state index is 0.0199. The quantitative estimate of drug-likeness (QED) is 0.144. The lowest BCUT2D eigenvalue weighted by atomic mass is 9.93. The second-order valence-corrected chi connectivity index (χ2v) is 9.44. The molecule has 0 aliphatic heterocycles. The zero-order valence-corrected chi connectivity index (χ0v) is 22.2. The standard InChI is InChI=1S/C30H26N6O5/c1-19-28-25(34-35-27(37)18-20-10-16-24(17-11-20)36(39)40)8-5-9-26(28)41-29(19)30(38)31-21-12-14-23(15-13-21)33-32-22-6-3-2-4-7-22/h2-4,6-7,10-17H,5,8-9,18H2,1H3,(H,31,38)(H,35,37). The van der Waals surface area contributed by atoms with E-state index in [-0.39, 0.29) is 23.8 Å². The van der Waals surface area contributed by atoms with E-state index < -0.39 is 10.8 Å². The fraction of sp³-hybridized carbons (Fsp3) is 0.167. The van der Waals surface area contributed by atoms with Crippen LogP contribution in [0, 0.1) is 17.0 Å². The molecule has 1 aromatic heterocycles. The number of non-ortho nitro benzene ring substituents is 1. The van der Waals surface area contributed by atoms with Crippen molar-refractivity contribution in [2.45, 2.75) is 32.6 Å². The van der Waals surface area contributed by atoms with Crippen molar-refractivity contribution in [2.24, 2.45) is 15.3 Å². The van der Waals surface area contributed by atoms with E-state index in [0.717, 1.165) is 17.7 Å². The summed E-state index contributed by atoms with van der Waals surface area (Å²) < 4.78 is 5.95. The van der Waals surface area contributed by atoms with E-state index in [1.165, 1.54) is 24.3 Å². The maximum absolute atomic E-state index is 13.1. The summed E-state index contributed by atoms with van der Waals surface area (Å²) in [6, 6.07) is 22.2. The maximum Gasteiger partial charge on any atom is 0.291 e. The molecular formula is C30H26N6O5. The SMILES string of the molecule is Cc1c(C(=O)Nc2ccc(N=Nc3ccccc3)cc2)oc2c1C(=NNC(=O)Cc1ccc([N+](=O)[O-])cc1)CCC2. The molecule has 41 heavy (non-hydrogen) atoms. The number of amides is 2. The first kappa shape index (κ1) is 27.1. The second-order valence-electron chi connectivity index (χ2n) is 9.44. The Hall–Kier alpha value is -5.45. The smallest absolute Gasteiger partial charge is 0.291 e. The highest BCUT2D eigenvalue weighted by molar-refractivity contribution is 6.09. The molecule has 0 unspecified atom stereocenters. The summed E-state index contributed by atoms with van der Waals surface area (Å²) in [5, 5.41) is 26.4. The van der Waals surface area contributed by atoms with Gasteiger partial charge in [-0.25, -0.2) is 5.43 Å². The van der Waals surface area contributed by atoms with Crippen LogP contribution < -0.4 is 10.7 Å². The van der Waals surface area contributed by atoms with E-state index in [2.05, 4.69) is 26.1 Å². The van der Waals surface area contributed by atoms with Crippen LogP contribution in [0.4, 0.5) is 22.7 Å². The predicted octanol–water partition coefficient (Wildman–Crippen LogP) is 6.56. The fourth-order valence-electron chi connectivity index (χ4n) is 4.50. The third-order valence-electron chi connectivity index (χ3n) is 6.52. The van der Waals surface area contributed by atoms with Crippen LogP contribution >= 0.6 is 0 Å². The molecule has 3 aromatic carbocycles. The van der Waals surface area contributed by atoms with Crippen molar-refractivity contribution in [2.75, 3.05) is 5.32 Å². The van der Waals surface area contributed by atoms with Gasteiger partial charge < -0.3 is 9.73 Å². The number of anilines is 1. The zero-order valence-electron chi connectivity index (χ0n) is 22.2. The number of nitrogens with one attached hydrogen (secondary N) is 2. The molecule has 11 nitrogen and oxygen atoms in total. The van der Waals surface area contributed by atoms with Crippen LogP contribution in [0.25, 0.3) is 0 Å². The van der Waals surface area contributed by atoms with Crippen LogP contribution in [0.2, 0.25) is 0 Å². The predicted molar refractivity (Wildman–Crippen MR) is 153 cm³/mol. The second kappa shape index (κ2) is 12.2. The third-order valence-corrected chi connectivity index (χ3v) is 6.52. The molecule has 0 fully saturated rings. The molecule has 206 valence electrons. The summed E-state index contributed by atoms with van der Waals surface area (Å²) >= 11 is 0. The molecule has 0 bridgehead atoms. The van der Waals surface area contributed by atoms with Gasteiger partial charge in [0.05, 0.1) is 28.4 Å². The van der Waals surface area contributed by atoms with Crippen molar-refractivity contribution in [3.63, 3.8) is 0 Å². The summed E-state index contributed by atoms with van der Waals surface area (Å²) in [4.78, 5) is 35.9. The molecular weight excluding hydrogens is 524 g/mol. The number of fused-ring (bicyclic) bond motifs is 1. The first-order valence-electron chi connectivity index (χ1n) is 13.0. The number of aryl methyl sites for hydroxylation is 1. The highest BCUT2D eigenvalue weighted by atomic mass is 16.6. The van der Waals surface area contributed by atoms with E-state index in [4.69, 9.17) is 4.42 Å². The third kappa shape index (κ3) is 6.59. The average Bonchev–Trinajstić information content (AvgIpc) is 3.33. The minimum Gasteiger partial charge on any atom is -0.455 e. The normalized spacial score (nSPS) is 13.6. The molecule has 1 heterocycles. The molecule has 4 aromatic rings. The Bertz CT molecular complexity index is 1640. The van der Waals surface area contributed by atoms with E-state index in [9.17, 15) is 19.7 Å². The molecule has 2 N–H and O–H groups in total. The van der Waals surface area contributed by atoms with Gasteiger partial charge in [0.25, 0.3) is 11.6 Å². The lowest BCUT2D eigenvalue weighted by Gasteiger charge is -2.13. The van der Waals surface area contributed by atoms with Gasteiger partial charge in [-0.1, -0.05) is 30.3 Å². The highest BCUT2D eigenvalue weighted by Crippen LogP contribution is 2.30. The highest BCUT2D eigenvalue weighted by Gasteiger charge is 2.28. The number of nitrogens with zero attached hydrogens (tertiary/aromatic N) is 4. The molecule has 2 amide bonds. The number of hydrazone groups is 1. The Morgan fingerprint density at radius 2 is 1.61 bits per heavy atom. The van der Waals surface area contributed by atoms with Crippen LogP contribution in [0.15, 0.2) is 98.6 Å². The monoisotopic (exact) mass is 550 g/mol. The lowest BCUT2D eigenvalue weighted by Crippen LogP contribution is -2.23. The van der Waals surface area contributed by atoms with Crippen molar-refractivity contribution in [3.05, 3.63) is 117 Å². The van der Waals surface area contributed by atoms with E-state index in [1.807, 2.05) is 30.3 Å². The molecule has 0 atom stereocenters. The number of benzene rings is 3. The number of carbonyl (C=O) groups is 2. The molecule has 0 saturated heterocycles. The van der Waals surface area contributed by atoms with Gasteiger partial charge in [0.1, 0.15) is 5.76 Å². The first-order chi connectivity index (χ1) is 19.9. The van der Waals surface area contributed by atoms with Gasteiger partial charge in [0, 0.05) is 35.4 Å². The summed E-state index contributed by atoms with van der Waals surface area (Å²) in [6.45, 7) is 1.80. The van der Waals surface area contributed by atoms with Crippen LogP contribution in [-0.4, -0.2) is 22.4 Å². The number of hydrogen-bond donors (Lipinski definition) is 2. The molecule has 1 aliphatic carbocycles. The topological polar surface area (TPSA) is 152 Å². The first-order valence-corrected chi connectivity index (χ1v) is 13.0. The summed E-state index contributed by atoms with van der Waals surface area (Å²) in [5.41, 5.74) is 7.14. The Morgan fingerprint density at radius 1 is 0.927 bits per heavy atom. The van der Waals surface area contributed by atoms with Gasteiger partial charge in [-0.05, 0) is 61.7 Å². The van der Waals surface area contributed by atoms with Crippen LogP contribution in [0.3, 0.4) is 0 Å². The summed E-state index contributed by atoms with van der Waals surface area (Å²) in [5.74, 6) is 0.0926. The maximum atomic E-state index is 13.1. The Balaban J connectivity index is 1.24. The van der Waals surface area contributed by atoms with Gasteiger partial charge in [0.2, 0.25) is 5.91 Å². The van der Waals surface area contributed by atoms with Crippen molar-refractivity contribution in [3.8, 4) is 0 Å². The van der Waals surface area contributed by atoms with Crippen LogP contribution in [0.1, 0.15) is 45.8 Å².